The number of benzene rings is 1. The first-order chi connectivity index (χ1) is 8.81. The third-order valence-corrected chi connectivity index (χ3v) is 4.51. The van der Waals surface area contributed by atoms with Gasteiger partial charge < -0.3 is 10.4 Å². The lowest BCUT2D eigenvalue weighted by Crippen LogP contribution is -2.43. The Bertz CT molecular complexity index is 396. The average molecular weight is 245 g/mol. The van der Waals surface area contributed by atoms with E-state index in [0.717, 1.165) is 25.7 Å². The third-order valence-electron chi connectivity index (χ3n) is 4.51. The number of hydrogen-bond acceptors (Lipinski definition) is 2. The zero-order valence-electron chi connectivity index (χ0n) is 10.9. The molecule has 0 saturated heterocycles. The van der Waals surface area contributed by atoms with Gasteiger partial charge in [-0.25, -0.2) is 0 Å². The lowest BCUT2D eigenvalue weighted by Gasteiger charge is -2.33. The molecule has 0 aliphatic heterocycles. The van der Waals surface area contributed by atoms with Crippen LogP contribution in [-0.4, -0.2) is 23.3 Å². The summed E-state index contributed by atoms with van der Waals surface area (Å²) in [4.78, 5) is 0. The molecule has 2 N–H and O–H groups in total. The zero-order valence-corrected chi connectivity index (χ0v) is 10.9. The van der Waals surface area contributed by atoms with Crippen molar-refractivity contribution in [3.8, 4) is 0 Å². The maximum atomic E-state index is 9.54. The van der Waals surface area contributed by atoms with Crippen molar-refractivity contribution in [2.24, 2.45) is 0 Å². The molecule has 1 unspecified atom stereocenters. The van der Waals surface area contributed by atoms with Crippen molar-refractivity contribution in [2.45, 2.75) is 63.1 Å². The smallest absolute Gasteiger partial charge is 0.0541 e. The zero-order chi connectivity index (χ0) is 12.4. The predicted molar refractivity (Wildman–Crippen MR) is 73.7 cm³/mol. The molecule has 2 nitrogen and oxygen atoms in total. The summed E-state index contributed by atoms with van der Waals surface area (Å²) in [6, 6.07) is 10.1. The minimum Gasteiger partial charge on any atom is -0.393 e. The topological polar surface area (TPSA) is 32.3 Å². The molecule has 2 heteroatoms. The van der Waals surface area contributed by atoms with E-state index in [1.807, 2.05) is 0 Å². The fraction of sp³-hybridized carbons (Fsp3) is 0.625. The summed E-state index contributed by atoms with van der Waals surface area (Å²) >= 11 is 0. The first-order valence-electron chi connectivity index (χ1n) is 7.32. The number of hydrogen-bond donors (Lipinski definition) is 2. The molecule has 1 aromatic carbocycles. The lowest BCUT2D eigenvalue weighted by molar-refractivity contribution is 0.113. The Morgan fingerprint density at radius 1 is 0.889 bits per heavy atom. The van der Waals surface area contributed by atoms with Gasteiger partial charge in [0.1, 0.15) is 0 Å². The minimum absolute atomic E-state index is 0.0462. The number of aliphatic hydroxyl groups is 1. The van der Waals surface area contributed by atoms with Gasteiger partial charge in [0.2, 0.25) is 0 Å². The normalized spacial score (nSPS) is 31.9. The summed E-state index contributed by atoms with van der Waals surface area (Å²) in [5.74, 6) is 0. The van der Waals surface area contributed by atoms with E-state index in [1.54, 1.807) is 0 Å². The summed E-state index contributed by atoms with van der Waals surface area (Å²) in [5, 5.41) is 13.3. The highest BCUT2D eigenvalue weighted by Crippen LogP contribution is 2.24. The molecule has 1 aromatic rings. The van der Waals surface area contributed by atoms with E-state index < -0.39 is 0 Å². The maximum absolute atomic E-state index is 9.54. The molecule has 3 rings (SSSR count). The molecule has 0 heterocycles. The van der Waals surface area contributed by atoms with E-state index in [4.69, 9.17) is 0 Å². The van der Waals surface area contributed by atoms with Crippen molar-refractivity contribution in [2.75, 3.05) is 0 Å². The maximum Gasteiger partial charge on any atom is 0.0541 e. The van der Waals surface area contributed by atoms with Crippen LogP contribution in [0.1, 0.15) is 43.2 Å². The van der Waals surface area contributed by atoms with Crippen molar-refractivity contribution in [3.05, 3.63) is 35.4 Å². The van der Waals surface area contributed by atoms with Crippen molar-refractivity contribution in [3.63, 3.8) is 0 Å². The van der Waals surface area contributed by atoms with Crippen molar-refractivity contribution in [1.82, 2.24) is 5.32 Å². The number of rotatable bonds is 2. The van der Waals surface area contributed by atoms with Gasteiger partial charge >= 0.3 is 0 Å². The second kappa shape index (κ2) is 5.41. The summed E-state index contributed by atoms with van der Waals surface area (Å²) in [6.07, 6.45) is 7.82. The van der Waals surface area contributed by atoms with E-state index in [2.05, 4.69) is 29.6 Å². The predicted octanol–water partition coefficient (Wildman–Crippen LogP) is 2.44. The summed E-state index contributed by atoms with van der Waals surface area (Å²) in [6.45, 7) is 0. The van der Waals surface area contributed by atoms with Gasteiger partial charge in [0.15, 0.2) is 0 Å². The molecule has 0 radical (unpaired) electrons. The van der Waals surface area contributed by atoms with E-state index in [0.29, 0.717) is 12.1 Å². The second-order valence-corrected chi connectivity index (χ2v) is 5.88. The Morgan fingerprint density at radius 2 is 1.61 bits per heavy atom. The summed E-state index contributed by atoms with van der Waals surface area (Å²) in [5.41, 5.74) is 3.06. The third kappa shape index (κ3) is 2.76. The number of aryl methyl sites for hydroxylation is 1. The quantitative estimate of drug-likeness (QED) is 0.839. The van der Waals surface area contributed by atoms with Crippen LogP contribution in [0, 0.1) is 0 Å². The standard InChI is InChI=1S/C16H23NO/c18-16-9-7-14(8-10-16)17-15-6-5-12-3-1-2-4-13(12)11-15/h1-4,14-18H,5-11H2. The van der Waals surface area contributed by atoms with Crippen LogP contribution in [0.15, 0.2) is 24.3 Å². The van der Waals surface area contributed by atoms with E-state index in [1.165, 1.54) is 30.4 Å². The monoisotopic (exact) mass is 245 g/mol. The molecule has 1 atom stereocenters. The van der Waals surface area contributed by atoms with Gasteiger partial charge in [-0.3, -0.25) is 0 Å². The molecule has 0 spiro atoms. The molecule has 18 heavy (non-hydrogen) atoms. The molecule has 0 amide bonds. The molecule has 1 fully saturated rings. The first-order valence-corrected chi connectivity index (χ1v) is 7.32. The molecule has 2 aliphatic rings. The Labute approximate surface area is 109 Å². The highest BCUT2D eigenvalue weighted by Gasteiger charge is 2.24. The van der Waals surface area contributed by atoms with Crippen molar-refractivity contribution >= 4 is 0 Å². The summed E-state index contributed by atoms with van der Waals surface area (Å²) < 4.78 is 0. The van der Waals surface area contributed by atoms with Crippen LogP contribution in [0.2, 0.25) is 0 Å². The van der Waals surface area contributed by atoms with Crippen LogP contribution >= 0.6 is 0 Å². The molecule has 98 valence electrons. The second-order valence-electron chi connectivity index (χ2n) is 5.88. The number of aliphatic hydroxyl groups excluding tert-OH is 1. The SMILES string of the molecule is OC1CCC(NC2CCc3ccccc3C2)CC1. The summed E-state index contributed by atoms with van der Waals surface area (Å²) in [7, 11) is 0. The van der Waals surface area contributed by atoms with Crippen molar-refractivity contribution < 1.29 is 5.11 Å². The highest BCUT2D eigenvalue weighted by atomic mass is 16.3. The van der Waals surface area contributed by atoms with Gasteiger partial charge in [-0.05, 0) is 56.1 Å². The first kappa shape index (κ1) is 12.2. The van der Waals surface area contributed by atoms with Crippen LogP contribution < -0.4 is 5.32 Å². The average Bonchev–Trinajstić information content (AvgIpc) is 2.41. The number of fused-ring (bicyclic) bond motifs is 1. The van der Waals surface area contributed by atoms with E-state index >= 15 is 0 Å². The van der Waals surface area contributed by atoms with Gasteiger partial charge in [-0.15, -0.1) is 0 Å². The highest BCUT2D eigenvalue weighted by molar-refractivity contribution is 5.30. The fourth-order valence-corrected chi connectivity index (χ4v) is 3.42. The molecular formula is C16H23NO. The van der Waals surface area contributed by atoms with Crippen LogP contribution in [0.4, 0.5) is 0 Å². The van der Waals surface area contributed by atoms with Gasteiger partial charge in [0.25, 0.3) is 0 Å². The molecular weight excluding hydrogens is 222 g/mol. The Kier molecular flexibility index (Phi) is 3.67. The molecule has 1 saturated carbocycles. The van der Waals surface area contributed by atoms with Crippen molar-refractivity contribution in [1.29, 1.82) is 0 Å². The largest absolute Gasteiger partial charge is 0.393 e. The molecule has 2 aliphatic carbocycles. The van der Waals surface area contributed by atoms with Gasteiger partial charge in [0, 0.05) is 12.1 Å². The Morgan fingerprint density at radius 3 is 2.39 bits per heavy atom. The minimum atomic E-state index is -0.0462. The van der Waals surface area contributed by atoms with E-state index in [-0.39, 0.29) is 6.10 Å². The lowest BCUT2D eigenvalue weighted by atomic mass is 9.86. The van der Waals surface area contributed by atoms with Crippen LogP contribution in [0.3, 0.4) is 0 Å². The van der Waals surface area contributed by atoms with Gasteiger partial charge in [0.05, 0.1) is 6.10 Å². The molecule has 0 aromatic heterocycles. The fourth-order valence-electron chi connectivity index (χ4n) is 3.42. The van der Waals surface area contributed by atoms with E-state index in [9.17, 15) is 5.11 Å². The van der Waals surface area contributed by atoms with Crippen LogP contribution in [0.25, 0.3) is 0 Å². The van der Waals surface area contributed by atoms with Gasteiger partial charge in [-0.1, -0.05) is 24.3 Å². The Hall–Kier alpha value is -0.860. The number of nitrogens with one attached hydrogen (secondary N) is 1. The molecule has 0 bridgehead atoms. The van der Waals surface area contributed by atoms with Crippen LogP contribution in [0.5, 0.6) is 0 Å². The van der Waals surface area contributed by atoms with Crippen LogP contribution in [-0.2, 0) is 12.8 Å². The Balaban J connectivity index is 1.56. The van der Waals surface area contributed by atoms with Gasteiger partial charge in [-0.2, -0.15) is 0 Å².